The summed E-state index contributed by atoms with van der Waals surface area (Å²) >= 11 is 0. The van der Waals surface area contributed by atoms with Gasteiger partial charge in [-0.15, -0.1) is 0 Å². The van der Waals surface area contributed by atoms with E-state index in [0.717, 1.165) is 19.3 Å². The Hall–Kier alpha value is -1.85. The van der Waals surface area contributed by atoms with E-state index in [1.807, 2.05) is 0 Å². The van der Waals surface area contributed by atoms with Crippen LogP contribution in [0.25, 0.3) is 0 Å². The summed E-state index contributed by atoms with van der Waals surface area (Å²) in [6.45, 7) is 0.568. The zero-order valence-corrected chi connectivity index (χ0v) is 9.52. The molecule has 1 aromatic heterocycles. The van der Waals surface area contributed by atoms with Gasteiger partial charge in [0.2, 0.25) is 0 Å². The van der Waals surface area contributed by atoms with Crippen molar-refractivity contribution in [3.8, 4) is 0 Å². The second-order valence-corrected chi connectivity index (χ2v) is 3.70. The molecule has 0 atom stereocenters. The largest absolute Gasteiger partial charge is 0.481 e. The van der Waals surface area contributed by atoms with Crippen molar-refractivity contribution >= 4 is 11.9 Å². The number of amides is 1. The number of carbonyl (C=O) groups excluding carboxylic acids is 1. The molecule has 0 unspecified atom stereocenters. The normalized spacial score (nSPS) is 10.1. The fraction of sp³-hybridized carbons (Fsp3) is 0.545. The molecule has 0 aliphatic carbocycles. The number of carboxylic acids is 1. The summed E-state index contributed by atoms with van der Waals surface area (Å²) in [5.41, 5.74) is 0.274. The molecular weight excluding hydrogens is 224 g/mol. The lowest BCUT2D eigenvalue weighted by molar-refractivity contribution is -0.137. The van der Waals surface area contributed by atoms with Crippen molar-refractivity contribution in [3.63, 3.8) is 0 Å². The van der Waals surface area contributed by atoms with Gasteiger partial charge in [0.05, 0.1) is 0 Å². The fourth-order valence-electron chi connectivity index (χ4n) is 1.38. The van der Waals surface area contributed by atoms with Crippen LogP contribution in [-0.2, 0) is 4.79 Å². The highest BCUT2D eigenvalue weighted by atomic mass is 16.5. The predicted octanol–water partition coefficient (Wildman–Crippen LogP) is 1.44. The van der Waals surface area contributed by atoms with Crippen molar-refractivity contribution in [2.75, 3.05) is 6.54 Å². The van der Waals surface area contributed by atoms with Crippen LogP contribution in [0.4, 0.5) is 0 Å². The number of aliphatic carboxylic acids is 1. The summed E-state index contributed by atoms with van der Waals surface area (Å²) in [4.78, 5) is 21.6. The number of carbonyl (C=O) groups is 2. The Bertz CT molecular complexity index is 348. The Morgan fingerprint density at radius 1 is 1.29 bits per heavy atom. The van der Waals surface area contributed by atoms with Crippen molar-refractivity contribution in [2.24, 2.45) is 0 Å². The van der Waals surface area contributed by atoms with Gasteiger partial charge >= 0.3 is 5.97 Å². The van der Waals surface area contributed by atoms with Gasteiger partial charge < -0.3 is 14.9 Å². The molecule has 0 saturated carbocycles. The molecule has 1 amide bonds. The Labute approximate surface area is 99.0 Å². The van der Waals surface area contributed by atoms with E-state index in [0.29, 0.717) is 13.0 Å². The van der Waals surface area contributed by atoms with Crippen LogP contribution in [-0.4, -0.2) is 28.7 Å². The maximum absolute atomic E-state index is 11.4. The maximum Gasteiger partial charge on any atom is 0.303 e. The summed E-state index contributed by atoms with van der Waals surface area (Å²) in [5.74, 6) is -1.01. The van der Waals surface area contributed by atoms with Crippen LogP contribution in [0.5, 0.6) is 0 Å². The van der Waals surface area contributed by atoms with Crippen LogP contribution >= 0.6 is 0 Å². The van der Waals surface area contributed by atoms with Crippen LogP contribution in [0.1, 0.15) is 42.6 Å². The average Bonchev–Trinajstić information content (AvgIpc) is 2.80. The van der Waals surface area contributed by atoms with Gasteiger partial charge in [0.25, 0.3) is 5.91 Å². The lowest BCUT2D eigenvalue weighted by Crippen LogP contribution is -2.24. The van der Waals surface area contributed by atoms with Gasteiger partial charge in [-0.3, -0.25) is 9.59 Å². The minimum Gasteiger partial charge on any atom is -0.481 e. The van der Waals surface area contributed by atoms with Gasteiger partial charge in [0, 0.05) is 19.0 Å². The molecule has 1 rings (SSSR count). The molecule has 2 N–H and O–H groups in total. The molecule has 1 heterocycles. The van der Waals surface area contributed by atoms with Crippen molar-refractivity contribution in [1.29, 1.82) is 0 Å². The molecule has 17 heavy (non-hydrogen) atoms. The highest BCUT2D eigenvalue weighted by molar-refractivity contribution is 5.91. The first-order chi connectivity index (χ1) is 8.20. The lowest BCUT2D eigenvalue weighted by Gasteiger charge is -2.02. The summed E-state index contributed by atoms with van der Waals surface area (Å²) in [7, 11) is 0. The summed E-state index contributed by atoms with van der Waals surface area (Å²) < 4.78 is 4.55. The molecule has 0 spiro atoms. The first kappa shape index (κ1) is 13.2. The second kappa shape index (κ2) is 7.43. The van der Waals surface area contributed by atoms with Crippen LogP contribution in [0.3, 0.4) is 0 Å². The Morgan fingerprint density at radius 2 is 2.06 bits per heavy atom. The minimum absolute atomic E-state index is 0.214. The molecule has 6 heteroatoms. The van der Waals surface area contributed by atoms with Gasteiger partial charge in [-0.25, -0.2) is 0 Å². The Kier molecular flexibility index (Phi) is 5.77. The van der Waals surface area contributed by atoms with Gasteiger partial charge in [0.15, 0.2) is 5.69 Å². The molecule has 0 aliphatic rings. The smallest absolute Gasteiger partial charge is 0.303 e. The molecule has 0 bridgehead atoms. The summed E-state index contributed by atoms with van der Waals surface area (Å²) in [6, 6.07) is 1.50. The van der Waals surface area contributed by atoms with E-state index >= 15 is 0 Å². The van der Waals surface area contributed by atoms with Crippen molar-refractivity contribution in [3.05, 3.63) is 18.0 Å². The molecule has 1 aromatic rings. The zero-order valence-electron chi connectivity index (χ0n) is 9.52. The van der Waals surface area contributed by atoms with Gasteiger partial charge in [-0.2, -0.15) is 0 Å². The third kappa shape index (κ3) is 5.70. The van der Waals surface area contributed by atoms with Gasteiger partial charge in [-0.1, -0.05) is 18.0 Å². The molecule has 0 fully saturated rings. The Morgan fingerprint density at radius 3 is 2.71 bits per heavy atom. The standard InChI is InChI=1S/C11H16N2O4/c14-10(15)5-3-1-2-4-7-12-11(16)9-6-8-17-13-9/h6,8H,1-5,7H2,(H,12,16)(H,14,15). The number of hydrogen-bond donors (Lipinski definition) is 2. The van der Waals surface area contributed by atoms with Crippen LogP contribution in [0.2, 0.25) is 0 Å². The molecule has 0 saturated heterocycles. The molecule has 0 aromatic carbocycles. The topological polar surface area (TPSA) is 92.4 Å². The first-order valence-electron chi connectivity index (χ1n) is 5.60. The monoisotopic (exact) mass is 240 g/mol. The number of aromatic nitrogens is 1. The predicted molar refractivity (Wildman–Crippen MR) is 59.6 cm³/mol. The second-order valence-electron chi connectivity index (χ2n) is 3.70. The first-order valence-corrected chi connectivity index (χ1v) is 5.60. The van der Waals surface area contributed by atoms with Crippen molar-refractivity contribution < 1.29 is 19.2 Å². The van der Waals surface area contributed by atoms with Crippen molar-refractivity contribution in [2.45, 2.75) is 32.1 Å². The van der Waals surface area contributed by atoms with E-state index in [4.69, 9.17) is 5.11 Å². The average molecular weight is 240 g/mol. The molecular formula is C11H16N2O4. The lowest BCUT2D eigenvalue weighted by atomic mass is 10.1. The number of unbranched alkanes of at least 4 members (excludes halogenated alkanes) is 3. The fourth-order valence-corrected chi connectivity index (χ4v) is 1.38. The number of rotatable bonds is 8. The minimum atomic E-state index is -0.760. The molecule has 94 valence electrons. The van der Waals surface area contributed by atoms with E-state index in [-0.39, 0.29) is 18.0 Å². The van der Waals surface area contributed by atoms with Gasteiger partial charge in [-0.05, 0) is 12.8 Å². The number of hydrogen-bond acceptors (Lipinski definition) is 4. The van der Waals surface area contributed by atoms with Crippen LogP contribution < -0.4 is 5.32 Å². The molecule has 6 nitrogen and oxygen atoms in total. The van der Waals surface area contributed by atoms with E-state index in [9.17, 15) is 9.59 Å². The molecule has 0 aliphatic heterocycles. The number of nitrogens with one attached hydrogen (secondary N) is 1. The molecule has 0 radical (unpaired) electrons. The van der Waals surface area contributed by atoms with Crippen molar-refractivity contribution in [1.82, 2.24) is 10.5 Å². The van der Waals surface area contributed by atoms with E-state index in [2.05, 4.69) is 15.0 Å². The highest BCUT2D eigenvalue weighted by Gasteiger charge is 2.06. The number of nitrogens with zero attached hydrogens (tertiary/aromatic N) is 1. The third-order valence-electron chi connectivity index (χ3n) is 2.27. The van der Waals surface area contributed by atoms with E-state index in [1.165, 1.54) is 12.3 Å². The van der Waals surface area contributed by atoms with E-state index in [1.54, 1.807) is 0 Å². The summed E-state index contributed by atoms with van der Waals surface area (Å²) in [6.07, 6.45) is 4.86. The third-order valence-corrected chi connectivity index (χ3v) is 2.27. The zero-order chi connectivity index (χ0) is 12.5. The van der Waals surface area contributed by atoms with Crippen LogP contribution in [0.15, 0.2) is 16.9 Å². The maximum atomic E-state index is 11.4. The van der Waals surface area contributed by atoms with Crippen LogP contribution in [0, 0.1) is 0 Å². The quantitative estimate of drug-likeness (QED) is 0.671. The highest BCUT2D eigenvalue weighted by Crippen LogP contribution is 2.02. The van der Waals surface area contributed by atoms with E-state index < -0.39 is 5.97 Å². The summed E-state index contributed by atoms with van der Waals surface area (Å²) in [5, 5.41) is 14.6. The Balaban J connectivity index is 1.97. The van der Waals surface area contributed by atoms with Gasteiger partial charge in [0.1, 0.15) is 6.26 Å². The number of carboxylic acid groups (broad SMARTS) is 1. The SMILES string of the molecule is O=C(O)CCCCCCNC(=O)c1ccon1.